The van der Waals surface area contributed by atoms with Gasteiger partial charge in [-0.15, -0.1) is 0 Å². The smallest absolute Gasteiger partial charge is 0.296 e. The third-order valence-corrected chi connectivity index (χ3v) is 9.66. The molecule has 0 bridgehead atoms. The van der Waals surface area contributed by atoms with Gasteiger partial charge in [-0.3, -0.25) is 14.4 Å². The fraction of sp³-hybridized carbons (Fsp3) is 0.393. The number of sulfonamides is 1. The van der Waals surface area contributed by atoms with E-state index < -0.39 is 38.9 Å². The number of hydrogen-bond acceptors (Lipinski definition) is 7. The Kier molecular flexibility index (Phi) is 7.08. The molecule has 2 aromatic rings. The topological polar surface area (TPSA) is 125 Å². The minimum Gasteiger partial charge on any atom is -0.507 e. The number of likely N-dealkylation sites (tertiary alicyclic amines) is 1. The zero-order chi connectivity index (χ0) is 27.9. The second-order valence-corrected chi connectivity index (χ2v) is 11.9. The number of carbonyl (C=O) groups excluding carboxylic acids is 3. The number of carbonyl (C=O) groups is 3. The van der Waals surface area contributed by atoms with Crippen LogP contribution in [-0.4, -0.2) is 80.7 Å². The minimum atomic E-state index is -3.71. The van der Waals surface area contributed by atoms with E-state index in [-0.39, 0.29) is 22.6 Å². The molecule has 5 rings (SSSR count). The number of aliphatic hydroxyl groups is 1. The largest absolute Gasteiger partial charge is 0.507 e. The molecule has 0 radical (unpaired) electrons. The maximum absolute atomic E-state index is 13.9. The van der Waals surface area contributed by atoms with E-state index in [4.69, 9.17) is 4.74 Å². The van der Waals surface area contributed by atoms with E-state index >= 15 is 0 Å². The van der Waals surface area contributed by atoms with Crippen molar-refractivity contribution >= 4 is 39.1 Å². The van der Waals surface area contributed by atoms with E-state index in [2.05, 4.69) is 0 Å². The van der Waals surface area contributed by atoms with E-state index in [1.165, 1.54) is 45.5 Å². The Morgan fingerprint density at radius 2 is 1.67 bits per heavy atom. The molecule has 2 amide bonds. The van der Waals surface area contributed by atoms with Crippen molar-refractivity contribution in [1.29, 1.82) is 0 Å². The van der Waals surface area contributed by atoms with E-state index in [9.17, 15) is 27.9 Å². The van der Waals surface area contributed by atoms with Crippen LogP contribution in [0.4, 0.5) is 5.69 Å². The number of amides is 2. The predicted molar refractivity (Wildman–Crippen MR) is 143 cm³/mol. The number of piperidine rings is 1. The summed E-state index contributed by atoms with van der Waals surface area (Å²) in [5.74, 6) is -2.95. The Balaban J connectivity index is 1.64. The lowest BCUT2D eigenvalue weighted by Gasteiger charge is -2.34. The number of ketones is 1. The first kappa shape index (κ1) is 27.0. The summed E-state index contributed by atoms with van der Waals surface area (Å²) in [5.41, 5.74) is -1.12. The van der Waals surface area contributed by atoms with Crippen LogP contribution in [-0.2, 0) is 34.7 Å². The fourth-order valence-corrected chi connectivity index (χ4v) is 7.34. The number of aliphatic hydroxyl groups excluding tert-OH is 1. The first-order valence-corrected chi connectivity index (χ1v) is 14.4. The number of hydrogen-bond donors (Lipinski definition) is 1. The number of para-hydroxylation sites is 1. The molecular weight excluding hydrogens is 522 g/mol. The number of rotatable bonds is 7. The Bertz CT molecular complexity index is 1460. The maximum Gasteiger partial charge on any atom is 0.296 e. The summed E-state index contributed by atoms with van der Waals surface area (Å²) < 4.78 is 32.8. The average Bonchev–Trinajstić information content (AvgIpc) is 3.32. The van der Waals surface area contributed by atoms with Gasteiger partial charge in [-0.1, -0.05) is 24.6 Å². The number of ether oxygens (including phenoxy) is 1. The Labute approximate surface area is 227 Å². The van der Waals surface area contributed by atoms with E-state index in [1.807, 2.05) is 0 Å². The molecular formula is C28H31N3O7S. The molecule has 0 saturated carbocycles. The highest BCUT2D eigenvalue weighted by molar-refractivity contribution is 7.89. The van der Waals surface area contributed by atoms with Crippen molar-refractivity contribution in [3.8, 4) is 0 Å². The summed E-state index contributed by atoms with van der Waals surface area (Å²) in [7, 11) is -0.632. The van der Waals surface area contributed by atoms with Gasteiger partial charge in [0, 0.05) is 57.2 Å². The van der Waals surface area contributed by atoms with Crippen molar-refractivity contribution in [3.05, 3.63) is 65.2 Å². The zero-order valence-electron chi connectivity index (χ0n) is 21.9. The molecule has 0 aliphatic carbocycles. The molecule has 3 heterocycles. The van der Waals surface area contributed by atoms with Crippen LogP contribution in [0.3, 0.4) is 0 Å². The third kappa shape index (κ3) is 4.07. The molecule has 2 fully saturated rings. The zero-order valence-corrected chi connectivity index (χ0v) is 22.7. The van der Waals surface area contributed by atoms with Gasteiger partial charge < -0.3 is 19.6 Å². The molecule has 1 atom stereocenters. The highest BCUT2D eigenvalue weighted by Crippen LogP contribution is 2.53. The molecule has 2 aromatic carbocycles. The first-order chi connectivity index (χ1) is 18.7. The van der Waals surface area contributed by atoms with Crippen LogP contribution in [0, 0.1) is 0 Å². The minimum absolute atomic E-state index is 0.0517. The van der Waals surface area contributed by atoms with Gasteiger partial charge in [-0.05, 0) is 49.6 Å². The summed E-state index contributed by atoms with van der Waals surface area (Å²) in [6.45, 7) is 1.26. The molecule has 1 N–H and O–H groups in total. The number of Topliss-reactive ketones (excluding diaryl/α,β-unsaturated/α-hetero) is 1. The van der Waals surface area contributed by atoms with Gasteiger partial charge in [0.15, 0.2) is 5.54 Å². The van der Waals surface area contributed by atoms with E-state index in [0.29, 0.717) is 37.4 Å². The van der Waals surface area contributed by atoms with E-state index in [0.717, 1.165) is 19.3 Å². The van der Waals surface area contributed by atoms with Crippen LogP contribution in [0.25, 0.3) is 5.76 Å². The van der Waals surface area contributed by atoms with Crippen molar-refractivity contribution < 1.29 is 32.6 Å². The lowest BCUT2D eigenvalue weighted by molar-refractivity contribution is -0.143. The van der Waals surface area contributed by atoms with Crippen molar-refractivity contribution in [2.75, 3.05) is 45.3 Å². The van der Waals surface area contributed by atoms with Gasteiger partial charge >= 0.3 is 0 Å². The summed E-state index contributed by atoms with van der Waals surface area (Å²) >= 11 is 0. The maximum atomic E-state index is 13.9. The van der Waals surface area contributed by atoms with Crippen LogP contribution in [0.15, 0.2) is 59.0 Å². The van der Waals surface area contributed by atoms with Crippen LogP contribution in [0.1, 0.15) is 36.8 Å². The number of fused-ring (bicyclic) bond motifs is 2. The number of anilines is 1. The molecule has 2 saturated heterocycles. The Morgan fingerprint density at radius 3 is 2.33 bits per heavy atom. The van der Waals surface area contributed by atoms with Gasteiger partial charge in [0.2, 0.25) is 10.0 Å². The molecule has 1 unspecified atom stereocenters. The molecule has 0 aromatic heterocycles. The van der Waals surface area contributed by atoms with Crippen LogP contribution < -0.4 is 4.90 Å². The number of nitrogens with zero attached hydrogens (tertiary/aromatic N) is 3. The Hall–Kier alpha value is -3.54. The Morgan fingerprint density at radius 1 is 1.00 bits per heavy atom. The normalized spacial score (nSPS) is 23.2. The molecule has 206 valence electrons. The number of likely N-dealkylation sites (N-methyl/N-ethyl adjacent to an activating group) is 1. The highest BCUT2D eigenvalue weighted by Gasteiger charge is 2.66. The quantitative estimate of drug-likeness (QED) is 0.242. The number of benzene rings is 2. The van der Waals surface area contributed by atoms with E-state index in [1.54, 1.807) is 31.3 Å². The summed E-state index contributed by atoms with van der Waals surface area (Å²) in [5, 5.41) is 11.5. The standard InChI is InChI=1S/C28H31N3O7S/c1-29-22-10-5-4-9-21(22)28(27(29)35)23(25(33)26(34)31(28)17-8-18-38-2)24(32)19-11-13-20(14-12-19)39(36,37)30-15-6-3-7-16-30/h4-5,9-14,32H,3,6-8,15-18H2,1-2H3/b24-23+. The second-order valence-electron chi connectivity index (χ2n) is 9.94. The van der Waals surface area contributed by atoms with Crippen molar-refractivity contribution in [2.24, 2.45) is 0 Å². The first-order valence-electron chi connectivity index (χ1n) is 12.9. The molecule has 3 aliphatic heterocycles. The average molecular weight is 554 g/mol. The molecule has 11 heteroatoms. The van der Waals surface area contributed by atoms with Gasteiger partial charge in [-0.25, -0.2) is 8.42 Å². The molecule has 39 heavy (non-hydrogen) atoms. The van der Waals surface area contributed by atoms with Gasteiger partial charge in [0.25, 0.3) is 17.6 Å². The molecule has 3 aliphatic rings. The van der Waals surface area contributed by atoms with Gasteiger partial charge in [0.05, 0.1) is 10.5 Å². The SMILES string of the molecule is COCCCN1C(=O)C(=O)/C(=C(\O)c2ccc(S(=O)(=O)N3CCCCC3)cc2)C12C(=O)N(C)c1ccccc12. The predicted octanol–water partition coefficient (Wildman–Crippen LogP) is 2.45. The fourth-order valence-electron chi connectivity index (χ4n) is 5.82. The third-order valence-electron chi connectivity index (χ3n) is 7.75. The molecule has 10 nitrogen and oxygen atoms in total. The van der Waals surface area contributed by atoms with Crippen LogP contribution >= 0.6 is 0 Å². The lowest BCUT2D eigenvalue weighted by atomic mass is 9.82. The lowest BCUT2D eigenvalue weighted by Crippen LogP contribution is -2.51. The number of methoxy groups -OCH3 is 1. The van der Waals surface area contributed by atoms with Crippen LogP contribution in [0.2, 0.25) is 0 Å². The van der Waals surface area contributed by atoms with Crippen molar-refractivity contribution in [3.63, 3.8) is 0 Å². The second kappa shape index (κ2) is 10.2. The van der Waals surface area contributed by atoms with Crippen molar-refractivity contribution in [1.82, 2.24) is 9.21 Å². The molecule has 1 spiro atoms. The summed E-state index contributed by atoms with van der Waals surface area (Å²) in [6.07, 6.45) is 2.95. The monoisotopic (exact) mass is 553 g/mol. The summed E-state index contributed by atoms with van der Waals surface area (Å²) in [6, 6.07) is 12.4. The van der Waals surface area contributed by atoms with Crippen molar-refractivity contribution in [2.45, 2.75) is 36.1 Å². The van der Waals surface area contributed by atoms with Crippen LogP contribution in [0.5, 0.6) is 0 Å². The summed E-state index contributed by atoms with van der Waals surface area (Å²) in [4.78, 5) is 43.5. The van der Waals surface area contributed by atoms with Gasteiger partial charge in [-0.2, -0.15) is 4.31 Å². The van der Waals surface area contributed by atoms with Gasteiger partial charge in [0.1, 0.15) is 5.76 Å². The highest BCUT2D eigenvalue weighted by atomic mass is 32.2.